The van der Waals surface area contributed by atoms with E-state index < -0.39 is 36.0 Å². The monoisotopic (exact) mass is 347 g/mol. The van der Waals surface area contributed by atoms with Crippen LogP contribution in [0, 0.1) is 0 Å². The number of aliphatic imine (C=N–C) groups is 1. The van der Waals surface area contributed by atoms with E-state index in [1.807, 2.05) is 0 Å². The number of carbonyl (C=O) groups excluding carboxylic acids is 1. The second kappa shape index (κ2) is 7.35. The molecular formula is C14H25N3O5S. The highest BCUT2D eigenvalue weighted by Crippen LogP contribution is 2.37. The Labute approximate surface area is 139 Å². The standard InChI is InChI=1S/C14H25N3O5S/c1-14(2,3)22-13(20)16-5-4-8-17-9-11(19)10(18)7(6-15)21-12(9)23-8/h7,9-12,18-19H,4-6,15H2,1-3H3,(H,16,20)/t7-,9-,10-,11-,12-/m1/s1. The smallest absolute Gasteiger partial charge is 0.407 e. The molecule has 0 aromatic heterocycles. The maximum absolute atomic E-state index is 11.6. The largest absolute Gasteiger partial charge is 0.444 e. The summed E-state index contributed by atoms with van der Waals surface area (Å²) in [6.45, 7) is 5.90. The number of amides is 1. The fraction of sp³-hybridized carbons (Fsp3) is 0.857. The van der Waals surface area contributed by atoms with Crippen LogP contribution in [0.15, 0.2) is 4.99 Å². The van der Waals surface area contributed by atoms with Gasteiger partial charge in [-0.15, -0.1) is 0 Å². The second-order valence-electron chi connectivity index (χ2n) is 6.57. The molecular weight excluding hydrogens is 322 g/mol. The van der Waals surface area contributed by atoms with E-state index in [-0.39, 0.29) is 12.0 Å². The summed E-state index contributed by atoms with van der Waals surface area (Å²) in [4.78, 5) is 16.0. The highest BCUT2D eigenvalue weighted by Gasteiger charge is 2.47. The van der Waals surface area contributed by atoms with Gasteiger partial charge in [0.05, 0.1) is 11.1 Å². The Hall–Kier alpha value is -0.870. The highest BCUT2D eigenvalue weighted by atomic mass is 32.2. The molecule has 8 nitrogen and oxygen atoms in total. The van der Waals surface area contributed by atoms with Crippen molar-refractivity contribution in [3.8, 4) is 0 Å². The van der Waals surface area contributed by atoms with Gasteiger partial charge in [0.1, 0.15) is 29.3 Å². The zero-order valence-corrected chi connectivity index (χ0v) is 14.4. The number of thioether (sulfide) groups is 1. The molecule has 1 amide bonds. The topological polar surface area (TPSA) is 126 Å². The summed E-state index contributed by atoms with van der Waals surface area (Å²) < 4.78 is 10.8. The van der Waals surface area contributed by atoms with Crippen LogP contribution < -0.4 is 11.1 Å². The number of nitrogens with one attached hydrogen (secondary N) is 1. The van der Waals surface area contributed by atoms with Crippen LogP contribution in [-0.2, 0) is 9.47 Å². The van der Waals surface area contributed by atoms with Gasteiger partial charge in [-0.1, -0.05) is 11.8 Å². The van der Waals surface area contributed by atoms with E-state index >= 15 is 0 Å². The van der Waals surface area contributed by atoms with Crippen LogP contribution in [0.4, 0.5) is 4.79 Å². The van der Waals surface area contributed by atoms with Gasteiger partial charge < -0.3 is 30.7 Å². The van der Waals surface area contributed by atoms with Crippen LogP contribution in [0.1, 0.15) is 27.2 Å². The average Bonchev–Trinajstić information content (AvgIpc) is 2.84. The molecule has 2 heterocycles. The molecule has 5 N–H and O–H groups in total. The minimum Gasteiger partial charge on any atom is -0.444 e. The van der Waals surface area contributed by atoms with Gasteiger partial charge in [0.15, 0.2) is 0 Å². The van der Waals surface area contributed by atoms with Crippen molar-refractivity contribution in [1.29, 1.82) is 0 Å². The molecule has 2 aliphatic heterocycles. The first-order valence-corrected chi connectivity index (χ1v) is 8.51. The molecule has 0 unspecified atom stereocenters. The third-order valence-corrected chi connectivity index (χ3v) is 4.66. The zero-order chi connectivity index (χ0) is 17.2. The number of rotatable bonds is 4. The normalized spacial score (nSPS) is 33.8. The first-order valence-electron chi connectivity index (χ1n) is 7.63. The van der Waals surface area contributed by atoms with E-state index in [0.717, 1.165) is 5.04 Å². The van der Waals surface area contributed by atoms with Crippen molar-refractivity contribution in [2.24, 2.45) is 10.7 Å². The molecule has 1 fully saturated rings. The molecule has 2 aliphatic rings. The van der Waals surface area contributed by atoms with E-state index in [4.69, 9.17) is 15.2 Å². The van der Waals surface area contributed by atoms with Gasteiger partial charge in [0.2, 0.25) is 0 Å². The third-order valence-electron chi connectivity index (χ3n) is 3.45. The van der Waals surface area contributed by atoms with E-state index in [1.165, 1.54) is 11.8 Å². The Morgan fingerprint density at radius 3 is 2.74 bits per heavy atom. The second-order valence-corrected chi connectivity index (χ2v) is 7.74. The fourth-order valence-corrected chi connectivity index (χ4v) is 3.62. The number of ether oxygens (including phenoxy) is 2. The molecule has 0 aromatic rings. The molecule has 0 aliphatic carbocycles. The van der Waals surface area contributed by atoms with Crippen molar-refractivity contribution in [2.45, 2.75) is 62.6 Å². The predicted octanol–water partition coefficient (Wildman–Crippen LogP) is -0.179. The molecule has 23 heavy (non-hydrogen) atoms. The predicted molar refractivity (Wildman–Crippen MR) is 87.4 cm³/mol. The Bertz CT molecular complexity index is 468. The van der Waals surface area contributed by atoms with E-state index in [1.54, 1.807) is 20.8 Å². The number of carbonyl (C=O) groups is 1. The van der Waals surface area contributed by atoms with Gasteiger partial charge in [0.25, 0.3) is 0 Å². The van der Waals surface area contributed by atoms with Gasteiger partial charge in [-0.05, 0) is 20.8 Å². The molecule has 0 radical (unpaired) electrons. The van der Waals surface area contributed by atoms with Crippen LogP contribution in [0.2, 0.25) is 0 Å². The maximum Gasteiger partial charge on any atom is 0.407 e. The highest BCUT2D eigenvalue weighted by molar-refractivity contribution is 8.14. The molecule has 2 rings (SSSR count). The number of hydrogen-bond acceptors (Lipinski definition) is 8. The van der Waals surface area contributed by atoms with E-state index in [9.17, 15) is 15.0 Å². The minimum atomic E-state index is -1.04. The van der Waals surface area contributed by atoms with Crippen molar-refractivity contribution >= 4 is 22.9 Å². The Morgan fingerprint density at radius 1 is 1.43 bits per heavy atom. The first-order chi connectivity index (χ1) is 10.7. The van der Waals surface area contributed by atoms with Gasteiger partial charge >= 0.3 is 6.09 Å². The number of nitrogens with two attached hydrogens (primary N) is 1. The SMILES string of the molecule is CC(C)(C)OC(=O)NCCC1=N[C@@H]2[C@@H](O)[C@H](O)[C@@H](CN)O[C@@H]2S1. The van der Waals surface area contributed by atoms with Gasteiger partial charge in [-0.2, -0.15) is 0 Å². The molecule has 0 spiro atoms. The lowest BCUT2D eigenvalue weighted by molar-refractivity contribution is -0.148. The number of aliphatic hydroxyl groups is 2. The Balaban J connectivity index is 1.81. The molecule has 0 saturated carbocycles. The average molecular weight is 347 g/mol. The summed E-state index contributed by atoms with van der Waals surface area (Å²) in [6, 6.07) is -0.505. The van der Waals surface area contributed by atoms with E-state index in [0.29, 0.717) is 13.0 Å². The first kappa shape index (κ1) is 18.5. The number of fused-ring (bicyclic) bond motifs is 1. The van der Waals surface area contributed by atoms with Crippen LogP contribution >= 0.6 is 11.8 Å². The number of hydrogen-bond donors (Lipinski definition) is 4. The summed E-state index contributed by atoms with van der Waals surface area (Å²) in [5, 5.41) is 23.5. The number of alkyl carbamates (subject to hydrolysis) is 1. The van der Waals surface area contributed by atoms with Crippen LogP contribution in [-0.4, -0.2) is 69.8 Å². The zero-order valence-electron chi connectivity index (χ0n) is 13.6. The molecule has 0 bridgehead atoms. The van der Waals surface area contributed by atoms with Gasteiger partial charge in [0, 0.05) is 19.5 Å². The molecule has 1 saturated heterocycles. The lowest BCUT2D eigenvalue weighted by atomic mass is 9.98. The maximum atomic E-state index is 11.6. The lowest BCUT2D eigenvalue weighted by Gasteiger charge is -2.37. The number of nitrogens with zero attached hydrogens (tertiary/aromatic N) is 1. The van der Waals surface area contributed by atoms with Crippen molar-refractivity contribution in [2.75, 3.05) is 13.1 Å². The fourth-order valence-electron chi connectivity index (χ4n) is 2.39. The Morgan fingerprint density at radius 2 is 2.13 bits per heavy atom. The molecule has 5 atom stereocenters. The van der Waals surface area contributed by atoms with Crippen molar-refractivity contribution < 1.29 is 24.5 Å². The minimum absolute atomic E-state index is 0.136. The lowest BCUT2D eigenvalue weighted by Crippen LogP contribution is -2.56. The summed E-state index contributed by atoms with van der Waals surface area (Å²) >= 11 is 1.39. The van der Waals surface area contributed by atoms with Crippen LogP contribution in [0.3, 0.4) is 0 Å². The third kappa shape index (κ3) is 4.80. The molecule has 132 valence electrons. The quantitative estimate of drug-likeness (QED) is 0.556. The summed E-state index contributed by atoms with van der Waals surface area (Å²) in [5.41, 5.74) is 4.65. The van der Waals surface area contributed by atoms with Crippen molar-refractivity contribution in [1.82, 2.24) is 5.32 Å². The van der Waals surface area contributed by atoms with Crippen LogP contribution in [0.25, 0.3) is 0 Å². The Kier molecular flexibility index (Phi) is 5.90. The molecule has 0 aromatic carbocycles. The van der Waals surface area contributed by atoms with Crippen molar-refractivity contribution in [3.63, 3.8) is 0 Å². The van der Waals surface area contributed by atoms with Gasteiger partial charge in [-0.25, -0.2) is 4.79 Å². The van der Waals surface area contributed by atoms with Crippen LogP contribution in [0.5, 0.6) is 0 Å². The summed E-state index contributed by atoms with van der Waals surface area (Å²) in [7, 11) is 0. The number of aliphatic hydroxyl groups excluding tert-OH is 2. The summed E-state index contributed by atoms with van der Waals surface area (Å²) in [6.07, 6.45) is -2.59. The van der Waals surface area contributed by atoms with Crippen molar-refractivity contribution in [3.05, 3.63) is 0 Å². The van der Waals surface area contributed by atoms with E-state index in [2.05, 4.69) is 10.3 Å². The molecule has 9 heteroatoms. The summed E-state index contributed by atoms with van der Waals surface area (Å²) in [5.74, 6) is 0. The van der Waals surface area contributed by atoms with Gasteiger partial charge in [-0.3, -0.25) is 4.99 Å².